The average molecular weight is 492 g/mol. The molecule has 0 saturated heterocycles. The highest BCUT2D eigenvalue weighted by molar-refractivity contribution is 6.33. The molecule has 1 aromatic carbocycles. The summed E-state index contributed by atoms with van der Waals surface area (Å²) in [5.74, 6) is -1.10. The van der Waals surface area contributed by atoms with E-state index in [1.165, 1.54) is 18.2 Å². The Morgan fingerprint density at radius 1 is 1.15 bits per heavy atom. The minimum Gasteiger partial charge on any atom is -0.373 e. The number of amides is 2. The van der Waals surface area contributed by atoms with Gasteiger partial charge in [0.2, 0.25) is 5.91 Å². The molecule has 184 valence electrons. The van der Waals surface area contributed by atoms with Crippen LogP contribution in [0, 0.1) is 5.92 Å². The van der Waals surface area contributed by atoms with Gasteiger partial charge in [0.1, 0.15) is 19.0 Å². The molecule has 2 aromatic rings. The number of nitrogens with one attached hydrogen (secondary N) is 2. The highest BCUT2D eigenvalue weighted by atomic mass is 35.5. The zero-order valence-corrected chi connectivity index (χ0v) is 20.0. The highest BCUT2D eigenvalue weighted by Gasteiger charge is 2.24. The lowest BCUT2D eigenvalue weighted by molar-refractivity contribution is -0.122. The van der Waals surface area contributed by atoms with Crippen molar-refractivity contribution >= 4 is 23.4 Å². The quantitative estimate of drug-likeness (QED) is 0.397. The van der Waals surface area contributed by atoms with Gasteiger partial charge in [0, 0.05) is 12.0 Å². The number of hydrogen-bond acceptors (Lipinski definition) is 6. The third-order valence-corrected chi connectivity index (χ3v) is 6.11. The van der Waals surface area contributed by atoms with Gasteiger partial charge >= 0.3 is 5.69 Å². The van der Waals surface area contributed by atoms with Crippen molar-refractivity contribution in [3.63, 3.8) is 0 Å². The number of rotatable bonds is 7. The molecule has 1 aliphatic carbocycles. The Kier molecular flexibility index (Phi) is 8.62. The molecule has 1 heterocycles. The van der Waals surface area contributed by atoms with Gasteiger partial charge in [-0.25, -0.2) is 9.36 Å². The molecule has 1 fully saturated rings. The maximum Gasteiger partial charge on any atom is 0.352 e. The van der Waals surface area contributed by atoms with E-state index in [-0.39, 0.29) is 28.2 Å². The van der Waals surface area contributed by atoms with Gasteiger partial charge in [0.15, 0.2) is 0 Å². The fourth-order valence-corrected chi connectivity index (χ4v) is 4.25. The molecule has 1 aliphatic rings. The van der Waals surface area contributed by atoms with E-state index in [9.17, 15) is 24.3 Å². The van der Waals surface area contributed by atoms with Gasteiger partial charge in [-0.15, -0.1) is 0 Å². The number of carbonyl (C=O) groups excluding carboxylic acids is 2. The van der Waals surface area contributed by atoms with Crippen LogP contribution in [0.3, 0.4) is 0 Å². The fraction of sp³-hybridized carbons (Fsp3) is 0.522. The predicted octanol–water partition coefficient (Wildman–Crippen LogP) is 1.59. The van der Waals surface area contributed by atoms with Crippen molar-refractivity contribution in [1.82, 2.24) is 25.0 Å². The molecule has 0 spiro atoms. The Balaban J connectivity index is 1.86. The first kappa shape index (κ1) is 25.6. The first-order valence-electron chi connectivity index (χ1n) is 11.4. The summed E-state index contributed by atoms with van der Waals surface area (Å²) in [6.45, 7) is 3.06. The Hall–Kier alpha value is -2.98. The molecule has 10 nitrogen and oxygen atoms in total. The van der Waals surface area contributed by atoms with Gasteiger partial charge in [0.05, 0.1) is 16.3 Å². The zero-order valence-electron chi connectivity index (χ0n) is 19.3. The maximum atomic E-state index is 12.9. The topological polar surface area (TPSA) is 135 Å². The van der Waals surface area contributed by atoms with Crippen LogP contribution in [-0.4, -0.2) is 43.5 Å². The van der Waals surface area contributed by atoms with Crippen molar-refractivity contribution in [2.75, 3.05) is 0 Å². The first-order chi connectivity index (χ1) is 16.2. The molecule has 1 saturated carbocycles. The minimum absolute atomic E-state index is 0.0294. The van der Waals surface area contributed by atoms with Crippen molar-refractivity contribution in [3.8, 4) is 5.69 Å². The van der Waals surface area contributed by atoms with E-state index in [4.69, 9.17) is 11.6 Å². The first-order valence-corrected chi connectivity index (χ1v) is 11.8. The van der Waals surface area contributed by atoms with Gasteiger partial charge in [-0.1, -0.05) is 37.3 Å². The fourth-order valence-electron chi connectivity index (χ4n) is 4.04. The summed E-state index contributed by atoms with van der Waals surface area (Å²) in [5.41, 5.74) is -1.32. The number of nitrogens with zero attached hydrogens (tertiary/aromatic N) is 3. The standard InChI is InChI=1S/C23H30ClN5O5/c1-14(2)26-19(30)13-28-20(31)12-25-29(23(28)34)16-9-10-18(24)17(11-16)22(33)27-21(32)15-7-5-3-4-6-8-15/h9-12,14-15,21,32H,3-8,13H2,1-2H3,(H,26,30)(H,27,33). The van der Waals surface area contributed by atoms with Crippen LogP contribution >= 0.6 is 11.6 Å². The van der Waals surface area contributed by atoms with Crippen LogP contribution in [0.15, 0.2) is 34.0 Å². The van der Waals surface area contributed by atoms with Gasteiger partial charge in [0.25, 0.3) is 11.5 Å². The van der Waals surface area contributed by atoms with E-state index in [0.717, 1.165) is 54.0 Å². The monoisotopic (exact) mass is 491 g/mol. The third-order valence-electron chi connectivity index (χ3n) is 5.78. The summed E-state index contributed by atoms with van der Waals surface area (Å²) >= 11 is 6.23. The molecule has 11 heteroatoms. The Labute approximate surface area is 201 Å². The minimum atomic E-state index is -1.01. The van der Waals surface area contributed by atoms with Gasteiger partial charge in [-0.3, -0.25) is 14.4 Å². The smallest absolute Gasteiger partial charge is 0.352 e. The largest absolute Gasteiger partial charge is 0.373 e. The molecule has 1 unspecified atom stereocenters. The maximum absolute atomic E-state index is 12.9. The Morgan fingerprint density at radius 3 is 2.47 bits per heavy atom. The molecular formula is C23H30ClN5O5. The number of benzene rings is 1. The Bertz CT molecular complexity index is 1150. The van der Waals surface area contributed by atoms with Gasteiger partial charge in [-0.2, -0.15) is 9.78 Å². The normalized spacial score (nSPS) is 15.6. The molecule has 0 radical (unpaired) electrons. The number of aliphatic hydroxyl groups excluding tert-OH is 1. The summed E-state index contributed by atoms with van der Waals surface area (Å²) in [6.07, 6.45) is 5.84. The lowest BCUT2D eigenvalue weighted by Gasteiger charge is -2.22. The molecule has 3 rings (SSSR count). The number of aliphatic hydroxyl groups is 1. The van der Waals surface area contributed by atoms with Crippen LogP contribution < -0.4 is 21.9 Å². The highest BCUT2D eigenvalue weighted by Crippen LogP contribution is 2.25. The summed E-state index contributed by atoms with van der Waals surface area (Å²) in [4.78, 5) is 50.0. The predicted molar refractivity (Wildman–Crippen MR) is 127 cm³/mol. The summed E-state index contributed by atoms with van der Waals surface area (Å²) in [7, 11) is 0. The van der Waals surface area contributed by atoms with Gasteiger partial charge < -0.3 is 15.7 Å². The SMILES string of the molecule is CC(C)NC(=O)Cn1c(=O)cnn(-c2ccc(Cl)c(C(=O)NC(O)C3CCCCCC3)c2)c1=O. The average Bonchev–Trinajstić information content (AvgIpc) is 3.06. The van der Waals surface area contributed by atoms with E-state index in [2.05, 4.69) is 15.7 Å². The molecule has 34 heavy (non-hydrogen) atoms. The van der Waals surface area contributed by atoms with Crippen molar-refractivity contribution < 1.29 is 14.7 Å². The molecule has 2 amide bonds. The van der Waals surface area contributed by atoms with E-state index in [1.54, 1.807) is 13.8 Å². The van der Waals surface area contributed by atoms with Crippen LogP contribution in [0.1, 0.15) is 62.7 Å². The van der Waals surface area contributed by atoms with Crippen molar-refractivity contribution in [2.45, 2.75) is 71.2 Å². The lowest BCUT2D eigenvalue weighted by Crippen LogP contribution is -2.45. The molecular weight excluding hydrogens is 462 g/mol. The molecule has 3 N–H and O–H groups in total. The van der Waals surface area contributed by atoms with Crippen LogP contribution in [0.2, 0.25) is 5.02 Å². The summed E-state index contributed by atoms with van der Waals surface area (Å²) < 4.78 is 1.67. The van der Waals surface area contributed by atoms with Crippen LogP contribution in [0.25, 0.3) is 5.69 Å². The van der Waals surface area contributed by atoms with Crippen molar-refractivity contribution in [2.24, 2.45) is 5.92 Å². The Morgan fingerprint density at radius 2 is 1.82 bits per heavy atom. The number of halogens is 1. The molecule has 0 aliphatic heterocycles. The van der Waals surface area contributed by atoms with Crippen molar-refractivity contribution in [3.05, 3.63) is 55.8 Å². The number of carbonyl (C=O) groups is 2. The van der Waals surface area contributed by atoms with Gasteiger partial charge in [-0.05, 0) is 44.9 Å². The second-order valence-electron chi connectivity index (χ2n) is 8.82. The lowest BCUT2D eigenvalue weighted by atomic mass is 9.98. The third kappa shape index (κ3) is 6.32. The summed E-state index contributed by atoms with van der Waals surface area (Å²) in [5, 5.41) is 19.8. The van der Waals surface area contributed by atoms with Crippen LogP contribution in [-0.2, 0) is 11.3 Å². The number of hydrogen-bond donors (Lipinski definition) is 3. The summed E-state index contributed by atoms with van der Waals surface area (Å²) in [6, 6.07) is 4.10. The molecule has 1 atom stereocenters. The van der Waals surface area contributed by atoms with Crippen LogP contribution in [0.5, 0.6) is 0 Å². The zero-order chi connectivity index (χ0) is 24.8. The van der Waals surface area contributed by atoms with E-state index >= 15 is 0 Å². The second-order valence-corrected chi connectivity index (χ2v) is 9.23. The second kappa shape index (κ2) is 11.4. The van der Waals surface area contributed by atoms with E-state index < -0.39 is 35.8 Å². The molecule has 0 bridgehead atoms. The van der Waals surface area contributed by atoms with E-state index in [1.807, 2.05) is 0 Å². The number of aromatic nitrogens is 3. The van der Waals surface area contributed by atoms with Crippen molar-refractivity contribution in [1.29, 1.82) is 0 Å². The molecule has 1 aromatic heterocycles. The van der Waals surface area contributed by atoms with Crippen LogP contribution in [0.4, 0.5) is 0 Å². The van der Waals surface area contributed by atoms with E-state index in [0.29, 0.717) is 0 Å².